The summed E-state index contributed by atoms with van der Waals surface area (Å²) >= 11 is 1.19. The number of nitrogens with one attached hydrogen (secondary N) is 1. The molecule has 5 rings (SSSR count). The van der Waals surface area contributed by atoms with Crippen LogP contribution in [0.25, 0.3) is 10.2 Å². The number of nitrogens with zero attached hydrogens (tertiary/aromatic N) is 2. The number of carbonyl (C=O) groups is 2. The normalized spacial score (nSPS) is 15.9. The summed E-state index contributed by atoms with van der Waals surface area (Å²) in [5.74, 6) is 0.220. The molecule has 0 atom stereocenters. The van der Waals surface area contributed by atoms with Crippen LogP contribution in [0.5, 0.6) is 5.75 Å². The van der Waals surface area contributed by atoms with Crippen LogP contribution in [0.15, 0.2) is 36.5 Å². The molecule has 1 saturated heterocycles. The quantitative estimate of drug-likeness (QED) is 0.677. The van der Waals surface area contributed by atoms with Crippen molar-refractivity contribution in [2.75, 3.05) is 30.5 Å². The van der Waals surface area contributed by atoms with E-state index in [4.69, 9.17) is 14.2 Å². The zero-order valence-corrected chi connectivity index (χ0v) is 15.6. The molecule has 3 aromatic rings. The SMILES string of the molecule is COC(=O)c1sc2nccc3c2c1NC(=O)N3c1ccc(OC2COC2)cc1. The van der Waals surface area contributed by atoms with Crippen LogP contribution in [0, 0.1) is 0 Å². The second-order valence-corrected chi connectivity index (χ2v) is 7.34. The maximum Gasteiger partial charge on any atom is 0.350 e. The number of amides is 2. The molecule has 1 aromatic carbocycles. The van der Waals surface area contributed by atoms with E-state index in [1.807, 2.05) is 24.3 Å². The van der Waals surface area contributed by atoms with Crippen LogP contribution in [0.4, 0.5) is 21.9 Å². The summed E-state index contributed by atoms with van der Waals surface area (Å²) in [5.41, 5.74) is 1.79. The van der Waals surface area contributed by atoms with Crippen molar-refractivity contribution in [2.24, 2.45) is 0 Å². The lowest BCUT2D eigenvalue weighted by Gasteiger charge is -2.29. The number of aromatic nitrogens is 1. The Morgan fingerprint density at radius 3 is 2.75 bits per heavy atom. The van der Waals surface area contributed by atoms with Crippen molar-refractivity contribution in [2.45, 2.75) is 6.10 Å². The fourth-order valence-corrected chi connectivity index (χ4v) is 4.26. The monoisotopic (exact) mass is 397 g/mol. The average molecular weight is 397 g/mol. The van der Waals surface area contributed by atoms with E-state index in [0.717, 1.165) is 11.1 Å². The molecule has 8 nitrogen and oxygen atoms in total. The van der Waals surface area contributed by atoms with Crippen LogP contribution in [0.3, 0.4) is 0 Å². The predicted octanol–water partition coefficient (Wildman–Crippen LogP) is 3.54. The van der Waals surface area contributed by atoms with Crippen LogP contribution in [-0.4, -0.2) is 43.4 Å². The molecule has 2 aromatic heterocycles. The lowest BCUT2D eigenvalue weighted by molar-refractivity contribution is -0.0796. The van der Waals surface area contributed by atoms with Gasteiger partial charge in [-0.3, -0.25) is 4.90 Å². The van der Waals surface area contributed by atoms with Gasteiger partial charge >= 0.3 is 12.0 Å². The Morgan fingerprint density at radius 1 is 1.29 bits per heavy atom. The van der Waals surface area contributed by atoms with Gasteiger partial charge in [-0.2, -0.15) is 0 Å². The molecule has 1 N–H and O–H groups in total. The number of hydrogen-bond donors (Lipinski definition) is 1. The molecule has 28 heavy (non-hydrogen) atoms. The van der Waals surface area contributed by atoms with E-state index in [1.165, 1.54) is 18.4 Å². The first-order valence-corrected chi connectivity index (χ1v) is 9.43. The van der Waals surface area contributed by atoms with Crippen molar-refractivity contribution in [3.05, 3.63) is 41.4 Å². The van der Waals surface area contributed by atoms with Crippen molar-refractivity contribution in [1.29, 1.82) is 0 Å². The molecule has 0 bridgehead atoms. The van der Waals surface area contributed by atoms with Gasteiger partial charge in [-0.1, -0.05) is 0 Å². The van der Waals surface area contributed by atoms with Crippen molar-refractivity contribution in [1.82, 2.24) is 4.98 Å². The van der Waals surface area contributed by atoms with E-state index in [1.54, 1.807) is 17.2 Å². The Morgan fingerprint density at radius 2 is 2.07 bits per heavy atom. The number of ether oxygens (including phenoxy) is 3. The molecule has 0 unspecified atom stereocenters. The predicted molar refractivity (Wildman–Crippen MR) is 104 cm³/mol. The van der Waals surface area contributed by atoms with Gasteiger partial charge in [0.15, 0.2) is 0 Å². The van der Waals surface area contributed by atoms with Crippen LogP contribution in [0.1, 0.15) is 9.67 Å². The Labute approximate surface area is 163 Å². The van der Waals surface area contributed by atoms with Crippen molar-refractivity contribution in [3.63, 3.8) is 0 Å². The number of benzene rings is 1. The zero-order chi connectivity index (χ0) is 19.3. The third-order valence-corrected chi connectivity index (χ3v) is 5.70. The summed E-state index contributed by atoms with van der Waals surface area (Å²) in [6.45, 7) is 1.18. The minimum atomic E-state index is -0.501. The molecule has 0 spiro atoms. The smallest absolute Gasteiger partial charge is 0.350 e. The average Bonchev–Trinajstić information content (AvgIpc) is 3.05. The first-order valence-electron chi connectivity index (χ1n) is 8.61. The standard InChI is InChI=1S/C19H15N3O5S/c1-25-18(23)16-15-14-13(6-7-20-17(14)28-16)22(19(24)21-15)10-2-4-11(5-3-10)27-12-8-26-9-12/h2-7,12H,8-9H2,1H3,(H,21,24). The van der Waals surface area contributed by atoms with Gasteiger partial charge in [-0.05, 0) is 30.3 Å². The number of urea groups is 1. The molecule has 2 aliphatic heterocycles. The number of rotatable bonds is 4. The van der Waals surface area contributed by atoms with Gasteiger partial charge in [0.2, 0.25) is 0 Å². The minimum absolute atomic E-state index is 0.0778. The van der Waals surface area contributed by atoms with Crippen molar-refractivity contribution >= 4 is 50.6 Å². The summed E-state index contributed by atoms with van der Waals surface area (Å²) in [6, 6.07) is 8.68. The maximum absolute atomic E-state index is 12.9. The van der Waals surface area contributed by atoms with Gasteiger partial charge < -0.3 is 19.5 Å². The van der Waals surface area contributed by atoms with Crippen LogP contribution in [0.2, 0.25) is 0 Å². The first kappa shape index (κ1) is 17.0. The first-order chi connectivity index (χ1) is 13.7. The number of esters is 1. The number of pyridine rings is 1. The number of anilines is 3. The molecule has 0 saturated carbocycles. The third-order valence-electron chi connectivity index (χ3n) is 4.62. The summed E-state index contributed by atoms with van der Waals surface area (Å²) in [6.07, 6.45) is 1.70. The van der Waals surface area contributed by atoms with Gasteiger partial charge in [-0.15, -0.1) is 11.3 Å². The molecular formula is C19H15N3O5S. The molecule has 0 radical (unpaired) electrons. The van der Waals surface area contributed by atoms with E-state index in [9.17, 15) is 9.59 Å². The van der Waals surface area contributed by atoms with Crippen molar-refractivity contribution in [3.8, 4) is 5.75 Å². The summed E-state index contributed by atoms with van der Waals surface area (Å²) in [7, 11) is 1.31. The zero-order valence-electron chi connectivity index (χ0n) is 14.8. The molecule has 2 amide bonds. The number of hydrogen-bond acceptors (Lipinski definition) is 7. The lowest BCUT2D eigenvalue weighted by Crippen LogP contribution is -2.38. The Kier molecular flexibility index (Phi) is 3.92. The van der Waals surface area contributed by atoms with E-state index in [0.29, 0.717) is 40.0 Å². The highest BCUT2D eigenvalue weighted by Gasteiger charge is 2.33. The second kappa shape index (κ2) is 6.47. The van der Waals surface area contributed by atoms with Crippen LogP contribution in [-0.2, 0) is 9.47 Å². The topological polar surface area (TPSA) is 90.0 Å². The highest BCUT2D eigenvalue weighted by atomic mass is 32.1. The molecule has 2 aliphatic rings. The molecular weight excluding hydrogens is 382 g/mol. The molecule has 4 heterocycles. The lowest BCUT2D eigenvalue weighted by atomic mass is 10.1. The van der Waals surface area contributed by atoms with Gasteiger partial charge in [-0.25, -0.2) is 14.6 Å². The number of thiophene rings is 1. The highest BCUT2D eigenvalue weighted by Crippen LogP contribution is 2.45. The second-order valence-electron chi connectivity index (χ2n) is 6.34. The number of carbonyl (C=O) groups excluding carboxylic acids is 2. The largest absolute Gasteiger partial charge is 0.486 e. The third kappa shape index (κ3) is 2.59. The van der Waals surface area contributed by atoms with Gasteiger partial charge in [0.1, 0.15) is 21.6 Å². The Balaban J connectivity index is 1.55. The maximum atomic E-state index is 12.9. The van der Waals surface area contributed by atoms with E-state index >= 15 is 0 Å². The van der Waals surface area contributed by atoms with E-state index in [-0.39, 0.29) is 12.1 Å². The minimum Gasteiger partial charge on any atom is -0.486 e. The summed E-state index contributed by atoms with van der Waals surface area (Å²) in [5, 5.41) is 3.53. The van der Waals surface area contributed by atoms with E-state index in [2.05, 4.69) is 10.3 Å². The Bertz CT molecular complexity index is 1090. The molecule has 1 fully saturated rings. The molecule has 9 heteroatoms. The fourth-order valence-electron chi connectivity index (χ4n) is 3.23. The van der Waals surface area contributed by atoms with E-state index < -0.39 is 5.97 Å². The number of methoxy groups -OCH3 is 1. The van der Waals surface area contributed by atoms with Gasteiger partial charge in [0.25, 0.3) is 0 Å². The van der Waals surface area contributed by atoms with Crippen LogP contribution < -0.4 is 15.0 Å². The highest BCUT2D eigenvalue weighted by molar-refractivity contribution is 7.21. The van der Waals surface area contributed by atoms with Gasteiger partial charge in [0.05, 0.1) is 42.8 Å². The molecule has 0 aliphatic carbocycles. The summed E-state index contributed by atoms with van der Waals surface area (Å²) in [4.78, 5) is 31.8. The molecule has 142 valence electrons. The van der Waals surface area contributed by atoms with Gasteiger partial charge in [0, 0.05) is 6.20 Å². The Hall–Kier alpha value is -3.17. The summed E-state index contributed by atoms with van der Waals surface area (Å²) < 4.78 is 15.7. The van der Waals surface area contributed by atoms with Crippen LogP contribution >= 0.6 is 11.3 Å². The fraction of sp³-hybridized carbons (Fsp3) is 0.211. The van der Waals surface area contributed by atoms with Crippen molar-refractivity contribution < 1.29 is 23.8 Å².